The highest BCUT2D eigenvalue weighted by Crippen LogP contribution is 2.30. The first-order valence-electron chi connectivity index (χ1n) is 8.27. The fraction of sp³-hybridized carbons (Fsp3) is 0.100. The summed E-state index contributed by atoms with van der Waals surface area (Å²) in [5.74, 6) is -1.15. The fourth-order valence-electron chi connectivity index (χ4n) is 2.70. The van der Waals surface area contributed by atoms with Crippen LogP contribution in [0.4, 0.5) is 5.69 Å². The summed E-state index contributed by atoms with van der Waals surface area (Å²) in [6, 6.07) is 13.0. The number of anilines is 1. The molecule has 0 saturated carbocycles. The Morgan fingerprint density at radius 3 is 2.67 bits per heavy atom. The molecule has 2 heterocycles. The maximum atomic E-state index is 12.1. The first kappa shape index (κ1) is 16.7. The standard InChI is InChI=1S/C20H15N3O4/c1-12-9-22-16(10-21-12)20(25)26-11-19(24)23-13-6-7-18-15(8-13)14-4-2-3-5-17(14)27-18/h2-10H,11H2,1H3,(H,23,24). The fourth-order valence-corrected chi connectivity index (χ4v) is 2.70. The maximum Gasteiger partial charge on any atom is 0.359 e. The molecule has 4 aromatic rings. The molecular formula is C20H15N3O4. The number of carbonyl (C=O) groups excluding carboxylic acids is 2. The molecule has 1 N–H and O–H groups in total. The molecule has 2 aromatic carbocycles. The van der Waals surface area contributed by atoms with E-state index in [1.54, 1.807) is 19.1 Å². The molecule has 0 radical (unpaired) electrons. The minimum atomic E-state index is -0.700. The molecule has 0 bridgehead atoms. The van der Waals surface area contributed by atoms with E-state index < -0.39 is 18.5 Å². The number of hydrogen-bond donors (Lipinski definition) is 1. The zero-order chi connectivity index (χ0) is 18.8. The third kappa shape index (κ3) is 3.48. The van der Waals surface area contributed by atoms with Crippen molar-refractivity contribution in [2.45, 2.75) is 6.92 Å². The number of esters is 1. The summed E-state index contributed by atoms with van der Waals surface area (Å²) in [4.78, 5) is 31.9. The number of nitrogens with zero attached hydrogens (tertiary/aromatic N) is 2. The lowest BCUT2D eigenvalue weighted by Gasteiger charge is -2.06. The van der Waals surface area contributed by atoms with Crippen LogP contribution in [0, 0.1) is 6.92 Å². The van der Waals surface area contributed by atoms with Crippen LogP contribution in [0.3, 0.4) is 0 Å². The van der Waals surface area contributed by atoms with E-state index in [9.17, 15) is 9.59 Å². The van der Waals surface area contributed by atoms with Gasteiger partial charge in [-0.1, -0.05) is 18.2 Å². The SMILES string of the molecule is Cc1cnc(C(=O)OCC(=O)Nc2ccc3oc4ccccc4c3c2)cn1. The first-order valence-corrected chi connectivity index (χ1v) is 8.27. The van der Waals surface area contributed by atoms with Crippen molar-refractivity contribution in [2.24, 2.45) is 0 Å². The van der Waals surface area contributed by atoms with E-state index >= 15 is 0 Å². The van der Waals surface area contributed by atoms with Crippen molar-refractivity contribution < 1.29 is 18.7 Å². The van der Waals surface area contributed by atoms with Crippen LogP contribution in [-0.2, 0) is 9.53 Å². The molecule has 0 aliphatic rings. The number of fused-ring (bicyclic) bond motifs is 3. The second kappa shape index (κ2) is 6.87. The number of furan rings is 1. The smallest absolute Gasteiger partial charge is 0.359 e. The number of hydrogen-bond acceptors (Lipinski definition) is 6. The number of ether oxygens (including phenoxy) is 1. The highest BCUT2D eigenvalue weighted by molar-refractivity contribution is 6.07. The summed E-state index contributed by atoms with van der Waals surface area (Å²) in [6.45, 7) is 1.34. The van der Waals surface area contributed by atoms with Crippen LogP contribution in [-0.4, -0.2) is 28.5 Å². The second-order valence-corrected chi connectivity index (χ2v) is 5.98. The van der Waals surface area contributed by atoms with Gasteiger partial charge in [0, 0.05) is 22.7 Å². The molecule has 0 aliphatic carbocycles. The van der Waals surface area contributed by atoms with Gasteiger partial charge in [-0.15, -0.1) is 0 Å². The van der Waals surface area contributed by atoms with Gasteiger partial charge in [-0.2, -0.15) is 0 Å². The molecule has 7 heteroatoms. The van der Waals surface area contributed by atoms with Gasteiger partial charge in [0.1, 0.15) is 11.2 Å². The molecule has 0 aliphatic heterocycles. The van der Waals surface area contributed by atoms with Crippen LogP contribution < -0.4 is 5.32 Å². The van der Waals surface area contributed by atoms with Gasteiger partial charge >= 0.3 is 5.97 Å². The highest BCUT2D eigenvalue weighted by atomic mass is 16.5. The summed E-state index contributed by atoms with van der Waals surface area (Å²) in [5, 5.41) is 4.57. The first-order chi connectivity index (χ1) is 13.1. The highest BCUT2D eigenvalue weighted by Gasteiger charge is 2.13. The number of aryl methyl sites for hydroxylation is 1. The van der Waals surface area contributed by atoms with Crippen molar-refractivity contribution in [2.75, 3.05) is 11.9 Å². The van der Waals surface area contributed by atoms with E-state index in [4.69, 9.17) is 9.15 Å². The van der Waals surface area contributed by atoms with E-state index in [0.29, 0.717) is 11.4 Å². The Balaban J connectivity index is 1.44. The predicted octanol–water partition coefficient (Wildman–Crippen LogP) is 3.48. The molecule has 27 heavy (non-hydrogen) atoms. The van der Waals surface area contributed by atoms with E-state index in [0.717, 1.165) is 21.9 Å². The van der Waals surface area contributed by atoms with Gasteiger partial charge in [0.2, 0.25) is 0 Å². The van der Waals surface area contributed by atoms with Crippen molar-refractivity contribution in [1.29, 1.82) is 0 Å². The summed E-state index contributed by atoms with van der Waals surface area (Å²) < 4.78 is 10.7. The minimum Gasteiger partial charge on any atom is -0.456 e. The lowest BCUT2D eigenvalue weighted by molar-refractivity contribution is -0.119. The maximum absolute atomic E-state index is 12.1. The Morgan fingerprint density at radius 2 is 1.85 bits per heavy atom. The van der Waals surface area contributed by atoms with Gasteiger partial charge in [0.25, 0.3) is 5.91 Å². The van der Waals surface area contributed by atoms with Crippen molar-refractivity contribution in [3.05, 3.63) is 66.2 Å². The van der Waals surface area contributed by atoms with Crippen LogP contribution in [0.25, 0.3) is 21.9 Å². The largest absolute Gasteiger partial charge is 0.456 e. The van der Waals surface area contributed by atoms with Crippen LogP contribution >= 0.6 is 0 Å². The minimum absolute atomic E-state index is 0.0553. The summed E-state index contributed by atoms with van der Waals surface area (Å²) >= 11 is 0. The summed E-state index contributed by atoms with van der Waals surface area (Å²) in [5.41, 5.74) is 2.85. The van der Waals surface area contributed by atoms with Gasteiger partial charge in [0.05, 0.1) is 11.9 Å². The molecule has 2 aromatic heterocycles. The van der Waals surface area contributed by atoms with Crippen molar-refractivity contribution in [3.8, 4) is 0 Å². The molecule has 4 rings (SSSR count). The molecule has 7 nitrogen and oxygen atoms in total. The number of para-hydroxylation sites is 1. The average molecular weight is 361 g/mol. The van der Waals surface area contributed by atoms with Crippen molar-refractivity contribution >= 4 is 39.5 Å². The van der Waals surface area contributed by atoms with Gasteiger partial charge in [-0.3, -0.25) is 9.78 Å². The van der Waals surface area contributed by atoms with E-state index in [1.807, 2.05) is 30.3 Å². The normalized spacial score (nSPS) is 10.9. The lowest BCUT2D eigenvalue weighted by atomic mass is 10.1. The molecule has 134 valence electrons. The van der Waals surface area contributed by atoms with E-state index in [2.05, 4.69) is 15.3 Å². The Morgan fingerprint density at radius 1 is 1.04 bits per heavy atom. The van der Waals surface area contributed by atoms with E-state index in [-0.39, 0.29) is 5.69 Å². The van der Waals surface area contributed by atoms with Crippen molar-refractivity contribution in [3.63, 3.8) is 0 Å². The summed E-state index contributed by atoms with van der Waals surface area (Å²) in [6.07, 6.45) is 2.77. The zero-order valence-electron chi connectivity index (χ0n) is 14.4. The lowest BCUT2D eigenvalue weighted by Crippen LogP contribution is -2.21. The van der Waals surface area contributed by atoms with Crippen molar-refractivity contribution in [1.82, 2.24) is 9.97 Å². The number of aromatic nitrogens is 2. The number of amides is 1. The van der Waals surface area contributed by atoms with Gasteiger partial charge < -0.3 is 14.5 Å². The Bertz CT molecular complexity index is 1150. The molecule has 0 atom stereocenters. The van der Waals surface area contributed by atoms with Crippen LogP contribution in [0.5, 0.6) is 0 Å². The van der Waals surface area contributed by atoms with Gasteiger partial charge in [0.15, 0.2) is 12.3 Å². The Hall–Kier alpha value is -3.74. The van der Waals surface area contributed by atoms with E-state index in [1.165, 1.54) is 12.4 Å². The number of benzene rings is 2. The Labute approximate surface area is 154 Å². The average Bonchev–Trinajstić information content (AvgIpc) is 3.05. The van der Waals surface area contributed by atoms with Crippen LogP contribution in [0.1, 0.15) is 16.2 Å². The topological polar surface area (TPSA) is 94.3 Å². The number of carbonyl (C=O) groups is 2. The Kier molecular flexibility index (Phi) is 4.25. The molecule has 0 unspecified atom stereocenters. The van der Waals surface area contributed by atoms with Crippen LogP contribution in [0.2, 0.25) is 0 Å². The molecular weight excluding hydrogens is 346 g/mol. The van der Waals surface area contributed by atoms with Gasteiger partial charge in [-0.25, -0.2) is 9.78 Å². The molecule has 0 saturated heterocycles. The molecule has 0 spiro atoms. The summed E-state index contributed by atoms with van der Waals surface area (Å²) in [7, 11) is 0. The monoisotopic (exact) mass is 361 g/mol. The molecule has 0 fully saturated rings. The zero-order valence-corrected chi connectivity index (χ0v) is 14.4. The van der Waals surface area contributed by atoms with Gasteiger partial charge in [-0.05, 0) is 31.2 Å². The third-order valence-electron chi connectivity index (χ3n) is 3.98. The number of nitrogens with one attached hydrogen (secondary N) is 1. The quantitative estimate of drug-likeness (QED) is 0.559. The molecule has 1 amide bonds. The van der Waals surface area contributed by atoms with Crippen LogP contribution in [0.15, 0.2) is 59.3 Å². The third-order valence-corrected chi connectivity index (χ3v) is 3.98. The second-order valence-electron chi connectivity index (χ2n) is 5.98. The predicted molar refractivity (Wildman–Crippen MR) is 99.4 cm³/mol. The number of rotatable bonds is 4.